The number of aliphatic hydroxyl groups excluding tert-OH is 1. The van der Waals surface area contributed by atoms with Crippen molar-refractivity contribution in [1.29, 1.82) is 0 Å². The highest BCUT2D eigenvalue weighted by Crippen LogP contribution is 2.27. The van der Waals surface area contributed by atoms with Crippen molar-refractivity contribution in [2.75, 3.05) is 13.1 Å². The Bertz CT molecular complexity index is 544. The lowest BCUT2D eigenvalue weighted by molar-refractivity contribution is -0.126. The summed E-state index contributed by atoms with van der Waals surface area (Å²) in [4.78, 5) is 14.6. The summed E-state index contributed by atoms with van der Waals surface area (Å²) in [6.07, 6.45) is 5.29. The number of benzene rings is 1. The Morgan fingerprint density at radius 2 is 1.75 bits per heavy atom. The van der Waals surface area contributed by atoms with Crippen molar-refractivity contribution in [3.8, 4) is 0 Å². The highest BCUT2D eigenvalue weighted by atomic mass is 16.3. The molecule has 1 aromatic carbocycles. The van der Waals surface area contributed by atoms with Crippen LogP contribution in [0.1, 0.15) is 49.7 Å². The minimum atomic E-state index is -0.654. The van der Waals surface area contributed by atoms with Crippen LogP contribution in [0.4, 0.5) is 0 Å². The molecule has 4 N–H and O–H groups in total. The molecule has 0 atom stereocenters. The van der Waals surface area contributed by atoms with E-state index >= 15 is 0 Å². The quantitative estimate of drug-likeness (QED) is 0.764. The van der Waals surface area contributed by atoms with Gasteiger partial charge in [0.1, 0.15) is 0 Å². The van der Waals surface area contributed by atoms with Crippen molar-refractivity contribution in [3.63, 3.8) is 0 Å². The van der Waals surface area contributed by atoms with Gasteiger partial charge in [0.05, 0.1) is 11.6 Å². The lowest BCUT2D eigenvalue weighted by Crippen LogP contribution is -2.51. The molecule has 2 fully saturated rings. The third-order valence-corrected chi connectivity index (χ3v) is 5.39. The molecule has 24 heavy (non-hydrogen) atoms. The highest BCUT2D eigenvalue weighted by Gasteiger charge is 2.36. The molecule has 0 radical (unpaired) electrons. The lowest BCUT2D eigenvalue weighted by Gasteiger charge is -2.29. The van der Waals surface area contributed by atoms with Crippen LogP contribution in [0.3, 0.4) is 0 Å². The van der Waals surface area contributed by atoms with Gasteiger partial charge in [-0.25, -0.2) is 0 Å². The van der Waals surface area contributed by atoms with E-state index in [-0.39, 0.29) is 12.0 Å². The fraction of sp³-hybridized carbons (Fsp3) is 0.632. The Morgan fingerprint density at radius 1 is 1.17 bits per heavy atom. The largest absolute Gasteiger partial charge is 0.393 e. The van der Waals surface area contributed by atoms with Gasteiger partial charge in [-0.1, -0.05) is 37.1 Å². The first-order valence-corrected chi connectivity index (χ1v) is 9.11. The van der Waals surface area contributed by atoms with Gasteiger partial charge in [0, 0.05) is 26.2 Å². The van der Waals surface area contributed by atoms with Crippen molar-refractivity contribution in [2.45, 2.75) is 63.3 Å². The number of amides is 1. The van der Waals surface area contributed by atoms with Gasteiger partial charge in [-0.2, -0.15) is 0 Å². The number of nitrogens with two attached hydrogens (primary N) is 1. The van der Waals surface area contributed by atoms with Crippen molar-refractivity contribution < 1.29 is 9.90 Å². The summed E-state index contributed by atoms with van der Waals surface area (Å²) in [6.45, 7) is 3.37. The van der Waals surface area contributed by atoms with Crippen LogP contribution >= 0.6 is 0 Å². The Hall–Kier alpha value is -1.43. The zero-order valence-corrected chi connectivity index (χ0v) is 14.3. The topological polar surface area (TPSA) is 78.6 Å². The molecule has 0 bridgehead atoms. The number of carbonyl (C=O) groups is 1. The first kappa shape index (κ1) is 17.4. The van der Waals surface area contributed by atoms with E-state index in [9.17, 15) is 9.90 Å². The number of aliphatic hydroxyl groups is 1. The Labute approximate surface area is 144 Å². The van der Waals surface area contributed by atoms with E-state index in [0.29, 0.717) is 6.54 Å². The smallest absolute Gasteiger partial charge is 0.240 e. The molecule has 132 valence electrons. The van der Waals surface area contributed by atoms with E-state index in [1.54, 1.807) is 0 Å². The number of hydrogen-bond acceptors (Lipinski definition) is 4. The summed E-state index contributed by atoms with van der Waals surface area (Å²) in [6, 6.07) is 8.40. The summed E-state index contributed by atoms with van der Waals surface area (Å²) in [7, 11) is 0. The maximum absolute atomic E-state index is 12.2. The van der Waals surface area contributed by atoms with E-state index in [1.165, 1.54) is 5.56 Å². The molecule has 0 aromatic heterocycles. The summed E-state index contributed by atoms with van der Waals surface area (Å²) in [5, 5.41) is 12.5. The van der Waals surface area contributed by atoms with Crippen LogP contribution in [-0.2, 0) is 17.9 Å². The first-order chi connectivity index (χ1) is 11.5. The lowest BCUT2D eigenvalue weighted by atomic mass is 9.98. The zero-order valence-electron chi connectivity index (χ0n) is 14.3. The van der Waals surface area contributed by atoms with Crippen LogP contribution in [0, 0.1) is 0 Å². The summed E-state index contributed by atoms with van der Waals surface area (Å²) in [5.74, 6) is -0.0176. The molecular formula is C19H29N3O2. The summed E-state index contributed by atoms with van der Waals surface area (Å²) in [5.41, 5.74) is 7.89. The average Bonchev–Trinajstić information content (AvgIpc) is 3.04. The summed E-state index contributed by atoms with van der Waals surface area (Å²) >= 11 is 0. The van der Waals surface area contributed by atoms with Gasteiger partial charge in [0.15, 0.2) is 0 Å². The van der Waals surface area contributed by atoms with Crippen LogP contribution in [-0.4, -0.2) is 40.6 Å². The molecule has 5 heteroatoms. The molecule has 1 aromatic rings. The fourth-order valence-electron chi connectivity index (χ4n) is 3.69. The van der Waals surface area contributed by atoms with Gasteiger partial charge in [-0.3, -0.25) is 9.69 Å². The van der Waals surface area contributed by atoms with Crippen LogP contribution < -0.4 is 11.1 Å². The molecule has 1 heterocycles. The average molecular weight is 331 g/mol. The van der Waals surface area contributed by atoms with Crippen LogP contribution in [0.25, 0.3) is 0 Å². The standard InChI is InChI=1S/C19H29N3O2/c20-19(9-1-2-10-19)18(24)21-13-15-3-5-16(6-4-15)14-22-11-7-17(23)8-12-22/h3-6,17,23H,1-2,7-14,20H2,(H,21,24). The SMILES string of the molecule is NC1(C(=O)NCc2ccc(CN3CCC(O)CC3)cc2)CCCC1. The van der Waals surface area contributed by atoms with Crippen LogP contribution in [0.15, 0.2) is 24.3 Å². The Kier molecular flexibility index (Phi) is 5.54. The maximum Gasteiger partial charge on any atom is 0.240 e. The van der Waals surface area contributed by atoms with Gasteiger partial charge in [-0.05, 0) is 36.8 Å². The molecule has 1 aliphatic carbocycles. The number of nitrogens with zero attached hydrogens (tertiary/aromatic N) is 1. The van der Waals surface area contributed by atoms with Crippen LogP contribution in [0.2, 0.25) is 0 Å². The van der Waals surface area contributed by atoms with Gasteiger partial charge >= 0.3 is 0 Å². The van der Waals surface area contributed by atoms with Crippen LogP contribution in [0.5, 0.6) is 0 Å². The molecule has 3 rings (SSSR count). The molecule has 1 amide bonds. The zero-order chi connectivity index (χ0) is 17.0. The number of piperidine rings is 1. The van der Waals surface area contributed by atoms with E-state index in [4.69, 9.17) is 5.73 Å². The van der Waals surface area contributed by atoms with Gasteiger partial charge in [0.25, 0.3) is 0 Å². The first-order valence-electron chi connectivity index (χ1n) is 9.11. The Morgan fingerprint density at radius 3 is 2.38 bits per heavy atom. The molecule has 0 unspecified atom stereocenters. The molecule has 1 aliphatic heterocycles. The van der Waals surface area contributed by atoms with Crippen molar-refractivity contribution in [1.82, 2.24) is 10.2 Å². The van der Waals surface area contributed by atoms with E-state index in [1.807, 2.05) is 0 Å². The van der Waals surface area contributed by atoms with E-state index in [0.717, 1.165) is 63.7 Å². The van der Waals surface area contributed by atoms with Gasteiger partial charge in [0.2, 0.25) is 5.91 Å². The number of carbonyl (C=O) groups excluding carboxylic acids is 1. The number of rotatable bonds is 5. The minimum Gasteiger partial charge on any atom is -0.393 e. The van der Waals surface area contributed by atoms with Gasteiger partial charge in [-0.15, -0.1) is 0 Å². The number of likely N-dealkylation sites (tertiary alicyclic amines) is 1. The number of hydrogen-bond donors (Lipinski definition) is 3. The summed E-state index contributed by atoms with van der Waals surface area (Å²) < 4.78 is 0. The molecule has 0 spiro atoms. The Balaban J connectivity index is 1.47. The monoisotopic (exact) mass is 331 g/mol. The molecule has 1 saturated heterocycles. The molecule has 1 saturated carbocycles. The number of nitrogens with one attached hydrogen (secondary N) is 1. The van der Waals surface area contributed by atoms with Gasteiger partial charge < -0.3 is 16.2 Å². The third-order valence-electron chi connectivity index (χ3n) is 5.39. The van der Waals surface area contributed by atoms with E-state index in [2.05, 4.69) is 34.5 Å². The normalized spacial score (nSPS) is 21.8. The second-order valence-corrected chi connectivity index (χ2v) is 7.37. The maximum atomic E-state index is 12.2. The molecule has 5 nitrogen and oxygen atoms in total. The predicted molar refractivity (Wildman–Crippen MR) is 94.2 cm³/mol. The molecule has 2 aliphatic rings. The predicted octanol–water partition coefficient (Wildman–Crippen LogP) is 1.53. The second-order valence-electron chi connectivity index (χ2n) is 7.37. The molecular weight excluding hydrogens is 302 g/mol. The third kappa shape index (κ3) is 4.35. The minimum absolute atomic E-state index is 0.0176. The highest BCUT2D eigenvalue weighted by molar-refractivity contribution is 5.86. The fourth-order valence-corrected chi connectivity index (χ4v) is 3.69. The van der Waals surface area contributed by atoms with Crippen molar-refractivity contribution in [3.05, 3.63) is 35.4 Å². The van der Waals surface area contributed by atoms with Crippen molar-refractivity contribution in [2.24, 2.45) is 5.73 Å². The van der Waals surface area contributed by atoms with E-state index < -0.39 is 5.54 Å². The van der Waals surface area contributed by atoms with Crippen molar-refractivity contribution >= 4 is 5.91 Å². The second kappa shape index (κ2) is 7.64.